The van der Waals surface area contributed by atoms with Crippen molar-refractivity contribution in [2.45, 2.75) is 55.6 Å². The number of hydrogen-bond acceptors (Lipinski definition) is 5. The molecule has 33 heavy (non-hydrogen) atoms. The molecule has 0 bridgehead atoms. The van der Waals surface area contributed by atoms with Crippen molar-refractivity contribution in [2.75, 3.05) is 29.8 Å². The van der Waals surface area contributed by atoms with Gasteiger partial charge in [0.05, 0.1) is 17.2 Å². The van der Waals surface area contributed by atoms with Crippen LogP contribution in [0.2, 0.25) is 0 Å². The first-order valence-corrected chi connectivity index (χ1v) is 14.2. The molecule has 0 heterocycles. The van der Waals surface area contributed by atoms with Gasteiger partial charge in [-0.3, -0.25) is 9.10 Å². The van der Waals surface area contributed by atoms with Gasteiger partial charge in [-0.1, -0.05) is 37.5 Å². The average molecular weight is 491 g/mol. The number of sulfonamides is 1. The van der Waals surface area contributed by atoms with Crippen LogP contribution in [0.4, 0.5) is 5.69 Å². The minimum absolute atomic E-state index is 0.117. The van der Waals surface area contributed by atoms with Crippen molar-refractivity contribution in [3.63, 3.8) is 0 Å². The van der Waals surface area contributed by atoms with E-state index in [1.165, 1.54) is 44.2 Å². The number of nitrogens with one attached hydrogen (secondary N) is 1. The summed E-state index contributed by atoms with van der Waals surface area (Å²) in [7, 11) is -3.92. The van der Waals surface area contributed by atoms with Gasteiger partial charge in [-0.2, -0.15) is 11.8 Å². The molecular weight excluding hydrogens is 456 g/mol. The molecule has 0 unspecified atom stereocenters. The van der Waals surface area contributed by atoms with E-state index < -0.39 is 10.0 Å². The summed E-state index contributed by atoms with van der Waals surface area (Å²) in [5.74, 6) is 1.31. The van der Waals surface area contributed by atoms with Gasteiger partial charge in [0.1, 0.15) is 12.3 Å². The maximum atomic E-state index is 13.4. The third-order valence-corrected chi connectivity index (χ3v) is 8.86. The fourth-order valence-electron chi connectivity index (χ4n) is 3.88. The summed E-state index contributed by atoms with van der Waals surface area (Å²) in [4.78, 5) is 12.8. The van der Waals surface area contributed by atoms with Crippen molar-refractivity contribution >= 4 is 33.4 Å². The fourth-order valence-corrected chi connectivity index (χ4v) is 6.61. The number of amides is 1. The minimum atomic E-state index is -3.92. The highest BCUT2D eigenvalue weighted by molar-refractivity contribution is 7.99. The summed E-state index contributed by atoms with van der Waals surface area (Å²) >= 11 is 2.00. The predicted molar refractivity (Wildman–Crippen MR) is 136 cm³/mol. The molecule has 1 fully saturated rings. The van der Waals surface area contributed by atoms with Crippen LogP contribution in [0.3, 0.4) is 0 Å². The van der Waals surface area contributed by atoms with E-state index in [1.54, 1.807) is 36.4 Å². The van der Waals surface area contributed by atoms with Crippen molar-refractivity contribution in [3.05, 3.63) is 54.6 Å². The van der Waals surface area contributed by atoms with Crippen LogP contribution < -0.4 is 14.4 Å². The van der Waals surface area contributed by atoms with E-state index in [0.29, 0.717) is 24.6 Å². The first kappa shape index (κ1) is 25.4. The number of rotatable bonds is 12. The molecule has 2 aromatic rings. The third kappa shape index (κ3) is 7.67. The van der Waals surface area contributed by atoms with E-state index in [9.17, 15) is 13.2 Å². The van der Waals surface area contributed by atoms with Gasteiger partial charge in [0, 0.05) is 11.8 Å². The lowest BCUT2D eigenvalue weighted by molar-refractivity contribution is -0.119. The van der Waals surface area contributed by atoms with Crippen LogP contribution in [-0.2, 0) is 14.8 Å². The summed E-state index contributed by atoms with van der Waals surface area (Å²) in [5.41, 5.74) is 0.453. The highest BCUT2D eigenvalue weighted by Crippen LogP contribution is 2.28. The largest absolute Gasteiger partial charge is 0.494 e. The second-order valence-corrected chi connectivity index (χ2v) is 11.4. The number of nitrogens with zero attached hydrogens (tertiary/aromatic N) is 1. The number of hydrogen-bond donors (Lipinski definition) is 1. The molecule has 3 rings (SSSR count). The van der Waals surface area contributed by atoms with Crippen LogP contribution in [0.25, 0.3) is 0 Å². The smallest absolute Gasteiger partial charge is 0.264 e. The number of anilines is 1. The lowest BCUT2D eigenvalue weighted by Gasteiger charge is -2.24. The van der Waals surface area contributed by atoms with Crippen molar-refractivity contribution in [3.8, 4) is 5.75 Å². The maximum absolute atomic E-state index is 13.4. The monoisotopic (exact) mass is 490 g/mol. The minimum Gasteiger partial charge on any atom is -0.494 e. The van der Waals surface area contributed by atoms with E-state index in [4.69, 9.17) is 4.74 Å². The quantitative estimate of drug-likeness (QED) is 0.430. The van der Waals surface area contributed by atoms with Crippen LogP contribution in [0.15, 0.2) is 59.5 Å². The van der Waals surface area contributed by atoms with Crippen molar-refractivity contribution < 1.29 is 17.9 Å². The highest BCUT2D eigenvalue weighted by Gasteiger charge is 2.27. The molecule has 2 aromatic carbocycles. The van der Waals surface area contributed by atoms with Crippen LogP contribution in [0.1, 0.15) is 45.4 Å². The van der Waals surface area contributed by atoms with Crippen LogP contribution in [0, 0.1) is 0 Å². The molecule has 1 amide bonds. The van der Waals surface area contributed by atoms with Crippen LogP contribution >= 0.6 is 11.8 Å². The van der Waals surface area contributed by atoms with Crippen LogP contribution in [-0.4, -0.2) is 45.0 Å². The average Bonchev–Trinajstić information content (AvgIpc) is 2.84. The fraction of sp³-hybridized carbons (Fsp3) is 0.480. The molecule has 1 N–H and O–H groups in total. The van der Waals surface area contributed by atoms with Crippen molar-refractivity contribution in [1.82, 2.24) is 5.32 Å². The number of carbonyl (C=O) groups excluding carboxylic acids is 1. The second-order valence-electron chi connectivity index (χ2n) is 8.09. The Hall–Kier alpha value is -2.19. The number of para-hydroxylation sites is 1. The van der Waals surface area contributed by atoms with E-state index in [0.717, 1.165) is 21.7 Å². The molecule has 1 aliphatic carbocycles. The first-order chi connectivity index (χ1) is 16.0. The van der Waals surface area contributed by atoms with Gasteiger partial charge in [0.2, 0.25) is 5.91 Å². The van der Waals surface area contributed by atoms with E-state index in [2.05, 4.69) is 5.32 Å². The summed E-state index contributed by atoms with van der Waals surface area (Å²) in [6, 6.07) is 15.0. The zero-order valence-electron chi connectivity index (χ0n) is 19.2. The lowest BCUT2D eigenvalue weighted by atomic mass is 10.0. The molecule has 180 valence electrons. The molecule has 0 radical (unpaired) electrons. The van der Waals surface area contributed by atoms with Gasteiger partial charge in [0.15, 0.2) is 0 Å². The lowest BCUT2D eigenvalue weighted by Crippen LogP contribution is -2.41. The summed E-state index contributed by atoms with van der Waals surface area (Å²) in [5, 5.41) is 3.64. The van der Waals surface area contributed by atoms with E-state index in [-0.39, 0.29) is 17.3 Å². The molecule has 0 saturated heterocycles. The number of thioether (sulfide) groups is 1. The summed E-state index contributed by atoms with van der Waals surface area (Å²) < 4.78 is 33.4. The summed E-state index contributed by atoms with van der Waals surface area (Å²) in [6.45, 7) is 2.65. The molecule has 0 atom stereocenters. The standard InChI is InChI=1S/C25H34N2O4S2/c1-2-31-22-14-16-24(17-15-22)33(29,30)27(21-10-5-3-6-11-21)20-25(28)26-18-9-19-32-23-12-7-4-8-13-23/h3,5-6,10-11,14-17,23H,2,4,7-9,12-13,18-20H2,1H3,(H,26,28). The SMILES string of the molecule is CCOc1ccc(S(=O)(=O)N(CC(=O)NCCCSC2CCCCC2)c2ccccc2)cc1. The van der Waals surface area contributed by atoms with Gasteiger partial charge < -0.3 is 10.1 Å². The number of carbonyl (C=O) groups is 1. The zero-order valence-corrected chi connectivity index (χ0v) is 20.9. The second kappa shape index (κ2) is 12.9. The zero-order chi connectivity index (χ0) is 23.5. The van der Waals surface area contributed by atoms with Crippen molar-refractivity contribution in [2.24, 2.45) is 0 Å². The Balaban J connectivity index is 1.60. The predicted octanol–water partition coefficient (Wildman–Crippen LogP) is 4.85. The normalized spacial score (nSPS) is 14.6. The third-order valence-electron chi connectivity index (χ3n) is 5.60. The maximum Gasteiger partial charge on any atom is 0.264 e. The molecule has 1 saturated carbocycles. The molecule has 1 aliphatic rings. The molecule has 8 heteroatoms. The number of benzene rings is 2. The molecule has 0 aromatic heterocycles. The van der Waals surface area contributed by atoms with E-state index >= 15 is 0 Å². The van der Waals surface area contributed by atoms with Gasteiger partial charge >= 0.3 is 0 Å². The summed E-state index contributed by atoms with van der Waals surface area (Å²) in [6.07, 6.45) is 7.48. The van der Waals surface area contributed by atoms with Gasteiger partial charge in [-0.25, -0.2) is 8.42 Å². The Morgan fingerprint density at radius 1 is 1.06 bits per heavy atom. The van der Waals surface area contributed by atoms with E-state index in [1.807, 2.05) is 24.8 Å². The molecule has 0 spiro atoms. The number of ether oxygens (including phenoxy) is 1. The molecular formula is C25H34N2O4S2. The van der Waals surface area contributed by atoms with Crippen molar-refractivity contribution in [1.29, 1.82) is 0 Å². The van der Waals surface area contributed by atoms with Gasteiger partial charge in [-0.15, -0.1) is 0 Å². The van der Waals surface area contributed by atoms with Gasteiger partial charge in [-0.05, 0) is 68.3 Å². The topological polar surface area (TPSA) is 75.7 Å². The Morgan fingerprint density at radius 2 is 1.76 bits per heavy atom. The Bertz CT molecular complexity index is 960. The Morgan fingerprint density at radius 3 is 2.42 bits per heavy atom. The highest BCUT2D eigenvalue weighted by atomic mass is 32.2. The van der Waals surface area contributed by atoms with Crippen LogP contribution in [0.5, 0.6) is 5.75 Å². The first-order valence-electron chi connectivity index (χ1n) is 11.7. The Labute approximate surface area is 202 Å². The molecule has 6 nitrogen and oxygen atoms in total. The molecule has 0 aliphatic heterocycles. The van der Waals surface area contributed by atoms with Gasteiger partial charge in [0.25, 0.3) is 10.0 Å². The Kier molecular flexibility index (Phi) is 9.94.